The third-order valence-electron chi connectivity index (χ3n) is 2.36. The minimum atomic E-state index is -0.198. The molecule has 0 spiro atoms. The summed E-state index contributed by atoms with van der Waals surface area (Å²) in [5.41, 5.74) is 5.67. The zero-order valence-corrected chi connectivity index (χ0v) is 9.66. The Morgan fingerprint density at radius 1 is 1.31 bits per heavy atom. The summed E-state index contributed by atoms with van der Waals surface area (Å²) in [6.07, 6.45) is 0.807. The Morgan fingerprint density at radius 3 is 2.81 bits per heavy atom. The molecule has 4 heteroatoms. The van der Waals surface area contributed by atoms with Crippen molar-refractivity contribution in [2.24, 2.45) is 5.73 Å². The Labute approximate surface area is 95.3 Å². The van der Waals surface area contributed by atoms with Crippen molar-refractivity contribution in [3.63, 3.8) is 0 Å². The van der Waals surface area contributed by atoms with Crippen LogP contribution in [0.4, 0.5) is 0 Å². The highest BCUT2D eigenvalue weighted by molar-refractivity contribution is 5.46. The average Bonchev–Trinajstić information content (AvgIpc) is 2.62. The number of nitrogens with two attached hydrogens (primary N) is 1. The molecule has 0 atom stereocenters. The van der Waals surface area contributed by atoms with Crippen molar-refractivity contribution >= 4 is 0 Å². The maximum atomic E-state index is 5.87. The predicted octanol–water partition coefficient (Wildman–Crippen LogP) is 1.92. The van der Waals surface area contributed by atoms with Gasteiger partial charge >= 0.3 is 0 Å². The zero-order chi connectivity index (χ0) is 11.6. The van der Waals surface area contributed by atoms with Crippen LogP contribution in [0.2, 0.25) is 0 Å². The number of ether oxygens (including phenoxy) is 3. The molecule has 0 radical (unpaired) electrons. The van der Waals surface area contributed by atoms with Gasteiger partial charge in [0.2, 0.25) is 6.79 Å². The molecule has 0 unspecified atom stereocenters. The van der Waals surface area contributed by atoms with Crippen molar-refractivity contribution in [3.8, 4) is 17.2 Å². The molecule has 1 aliphatic heterocycles. The molecule has 1 aromatic carbocycles. The molecule has 0 aliphatic carbocycles. The molecule has 2 N–H and O–H groups in total. The van der Waals surface area contributed by atoms with E-state index in [1.807, 2.05) is 32.0 Å². The second kappa shape index (κ2) is 4.22. The zero-order valence-electron chi connectivity index (χ0n) is 9.66. The van der Waals surface area contributed by atoms with Gasteiger partial charge in [0.15, 0.2) is 11.5 Å². The largest absolute Gasteiger partial charge is 0.493 e. The first kappa shape index (κ1) is 11.1. The molecule has 1 heterocycles. The van der Waals surface area contributed by atoms with E-state index in [9.17, 15) is 0 Å². The number of benzene rings is 1. The van der Waals surface area contributed by atoms with E-state index >= 15 is 0 Å². The van der Waals surface area contributed by atoms with E-state index < -0.39 is 0 Å². The van der Waals surface area contributed by atoms with Crippen LogP contribution in [0.5, 0.6) is 17.2 Å². The first-order valence-corrected chi connectivity index (χ1v) is 5.36. The van der Waals surface area contributed by atoms with Gasteiger partial charge in [0.05, 0.1) is 6.61 Å². The lowest BCUT2D eigenvalue weighted by Crippen LogP contribution is -2.33. The van der Waals surface area contributed by atoms with Crippen LogP contribution >= 0.6 is 0 Å². The summed E-state index contributed by atoms with van der Waals surface area (Å²) in [5.74, 6) is 2.30. The fourth-order valence-electron chi connectivity index (χ4n) is 1.40. The third-order valence-corrected chi connectivity index (χ3v) is 2.36. The third kappa shape index (κ3) is 2.79. The summed E-state index contributed by atoms with van der Waals surface area (Å²) in [6, 6.07) is 5.56. The predicted molar refractivity (Wildman–Crippen MR) is 60.9 cm³/mol. The number of hydrogen-bond donors (Lipinski definition) is 1. The van der Waals surface area contributed by atoms with Crippen molar-refractivity contribution in [2.45, 2.75) is 25.8 Å². The van der Waals surface area contributed by atoms with Crippen LogP contribution in [-0.4, -0.2) is 18.9 Å². The lowest BCUT2D eigenvalue weighted by Gasteiger charge is -2.18. The molecule has 0 aromatic heterocycles. The van der Waals surface area contributed by atoms with Crippen LogP contribution in [0.15, 0.2) is 18.2 Å². The van der Waals surface area contributed by atoms with E-state index in [1.54, 1.807) is 0 Å². The second-order valence-corrected chi connectivity index (χ2v) is 4.60. The Hall–Kier alpha value is -1.42. The summed E-state index contributed by atoms with van der Waals surface area (Å²) < 4.78 is 16.1. The molecule has 4 nitrogen and oxygen atoms in total. The highest BCUT2D eigenvalue weighted by Gasteiger charge is 2.14. The molecular weight excluding hydrogens is 206 g/mol. The molecule has 88 valence electrons. The highest BCUT2D eigenvalue weighted by atomic mass is 16.7. The van der Waals surface area contributed by atoms with Crippen LogP contribution in [0.3, 0.4) is 0 Å². The van der Waals surface area contributed by atoms with E-state index in [1.165, 1.54) is 0 Å². The van der Waals surface area contributed by atoms with Crippen LogP contribution in [0.25, 0.3) is 0 Å². The van der Waals surface area contributed by atoms with Gasteiger partial charge < -0.3 is 19.9 Å². The van der Waals surface area contributed by atoms with Crippen LogP contribution < -0.4 is 19.9 Å². The smallest absolute Gasteiger partial charge is 0.231 e. The summed E-state index contributed by atoms with van der Waals surface area (Å²) in [7, 11) is 0. The Kier molecular flexibility index (Phi) is 2.92. The minimum Gasteiger partial charge on any atom is -0.493 e. The van der Waals surface area contributed by atoms with E-state index in [0.717, 1.165) is 23.7 Å². The van der Waals surface area contributed by atoms with Gasteiger partial charge in [-0.2, -0.15) is 0 Å². The van der Waals surface area contributed by atoms with Crippen molar-refractivity contribution in [2.75, 3.05) is 13.4 Å². The van der Waals surface area contributed by atoms with Crippen LogP contribution in [-0.2, 0) is 0 Å². The number of fused-ring (bicyclic) bond motifs is 1. The topological polar surface area (TPSA) is 53.7 Å². The van der Waals surface area contributed by atoms with Gasteiger partial charge in [-0.3, -0.25) is 0 Å². The minimum absolute atomic E-state index is 0.198. The number of rotatable bonds is 4. The van der Waals surface area contributed by atoms with Crippen molar-refractivity contribution < 1.29 is 14.2 Å². The van der Waals surface area contributed by atoms with Gasteiger partial charge in [-0.15, -0.1) is 0 Å². The first-order chi connectivity index (χ1) is 7.54. The lowest BCUT2D eigenvalue weighted by molar-refractivity contribution is 0.173. The van der Waals surface area contributed by atoms with Gasteiger partial charge in [0, 0.05) is 11.6 Å². The van der Waals surface area contributed by atoms with Gasteiger partial charge in [-0.1, -0.05) is 0 Å². The van der Waals surface area contributed by atoms with E-state index in [2.05, 4.69) is 0 Å². The molecule has 0 saturated carbocycles. The summed E-state index contributed by atoms with van der Waals surface area (Å²) >= 11 is 0. The average molecular weight is 223 g/mol. The fraction of sp³-hybridized carbons (Fsp3) is 0.500. The normalized spacial score (nSPS) is 13.9. The maximum Gasteiger partial charge on any atom is 0.231 e. The Morgan fingerprint density at radius 2 is 2.06 bits per heavy atom. The molecule has 0 amide bonds. The van der Waals surface area contributed by atoms with Gasteiger partial charge in [0.25, 0.3) is 0 Å². The van der Waals surface area contributed by atoms with Gasteiger partial charge in [0.1, 0.15) is 5.75 Å². The molecule has 2 rings (SSSR count). The van der Waals surface area contributed by atoms with Crippen molar-refractivity contribution in [1.29, 1.82) is 0 Å². The fourth-order valence-corrected chi connectivity index (χ4v) is 1.40. The SMILES string of the molecule is CC(C)(N)CCOc1ccc2c(c1)OCO2. The first-order valence-electron chi connectivity index (χ1n) is 5.36. The maximum absolute atomic E-state index is 5.87. The molecule has 0 bridgehead atoms. The lowest BCUT2D eigenvalue weighted by atomic mass is 10.0. The summed E-state index contributed by atoms with van der Waals surface area (Å²) in [6.45, 7) is 4.85. The summed E-state index contributed by atoms with van der Waals surface area (Å²) in [4.78, 5) is 0. The summed E-state index contributed by atoms with van der Waals surface area (Å²) in [5, 5.41) is 0. The van der Waals surface area contributed by atoms with E-state index in [0.29, 0.717) is 6.61 Å². The quantitative estimate of drug-likeness (QED) is 0.847. The highest BCUT2D eigenvalue weighted by Crippen LogP contribution is 2.35. The Balaban J connectivity index is 1.91. The van der Waals surface area contributed by atoms with Gasteiger partial charge in [-0.05, 0) is 32.4 Å². The Bertz CT molecular complexity index is 371. The van der Waals surface area contributed by atoms with Crippen LogP contribution in [0, 0.1) is 0 Å². The van der Waals surface area contributed by atoms with Crippen LogP contribution in [0.1, 0.15) is 20.3 Å². The molecule has 1 aromatic rings. The van der Waals surface area contributed by atoms with Crippen molar-refractivity contribution in [3.05, 3.63) is 18.2 Å². The molecule has 16 heavy (non-hydrogen) atoms. The van der Waals surface area contributed by atoms with Crippen molar-refractivity contribution in [1.82, 2.24) is 0 Å². The molecule has 0 saturated heterocycles. The van der Waals surface area contributed by atoms with E-state index in [-0.39, 0.29) is 12.3 Å². The molecule has 1 aliphatic rings. The molecular formula is C12H17NO3. The number of hydrogen-bond acceptors (Lipinski definition) is 4. The standard InChI is InChI=1S/C12H17NO3/c1-12(2,13)5-6-14-9-3-4-10-11(7-9)16-8-15-10/h3-4,7H,5-6,8,13H2,1-2H3. The molecule has 0 fully saturated rings. The second-order valence-electron chi connectivity index (χ2n) is 4.60. The monoisotopic (exact) mass is 223 g/mol. The van der Waals surface area contributed by atoms with Gasteiger partial charge in [-0.25, -0.2) is 0 Å². The van der Waals surface area contributed by atoms with E-state index in [4.69, 9.17) is 19.9 Å².